The van der Waals surface area contributed by atoms with Crippen molar-refractivity contribution in [1.29, 1.82) is 0 Å². The molecule has 0 aliphatic heterocycles. The predicted molar refractivity (Wildman–Crippen MR) is 63.4 cm³/mol. The van der Waals surface area contributed by atoms with Crippen molar-refractivity contribution >= 4 is 5.97 Å². The van der Waals surface area contributed by atoms with Gasteiger partial charge in [0.25, 0.3) is 0 Å². The minimum Gasteiger partial charge on any atom is -0.477 e. The van der Waals surface area contributed by atoms with Gasteiger partial charge in [0.2, 0.25) is 0 Å². The van der Waals surface area contributed by atoms with Gasteiger partial charge in [0.1, 0.15) is 5.56 Å². The molecule has 0 aromatic carbocycles. The Kier molecular flexibility index (Phi) is 4.07. The molecule has 5 heteroatoms. The minimum absolute atomic E-state index is 0.219. The Balaban J connectivity index is 2.70. The van der Waals surface area contributed by atoms with Crippen LogP contribution in [-0.2, 0) is 11.3 Å². The maximum Gasteiger partial charge on any atom is 0.341 e. The van der Waals surface area contributed by atoms with E-state index in [1.165, 1.54) is 12.3 Å². The Morgan fingerprint density at radius 3 is 2.65 bits per heavy atom. The van der Waals surface area contributed by atoms with Crippen LogP contribution >= 0.6 is 0 Å². The lowest BCUT2D eigenvalue weighted by Crippen LogP contribution is -2.23. The number of rotatable bonds is 4. The lowest BCUT2D eigenvalue weighted by Gasteiger charge is -2.20. The molecule has 1 rings (SSSR count). The van der Waals surface area contributed by atoms with Crippen LogP contribution in [0.1, 0.15) is 31.1 Å². The molecule has 1 heterocycles. The fraction of sp³-hybridized carbons (Fsp3) is 0.500. The van der Waals surface area contributed by atoms with E-state index in [9.17, 15) is 9.59 Å². The first kappa shape index (κ1) is 13.4. The number of hydrogen-bond donors (Lipinski definition) is 1. The normalized spacial score (nSPS) is 11.5. The Labute approximate surface area is 99.6 Å². The van der Waals surface area contributed by atoms with Gasteiger partial charge >= 0.3 is 5.97 Å². The van der Waals surface area contributed by atoms with Gasteiger partial charge in [0.15, 0.2) is 5.43 Å². The van der Waals surface area contributed by atoms with Crippen LogP contribution < -0.4 is 5.43 Å². The average molecular weight is 239 g/mol. The fourth-order valence-corrected chi connectivity index (χ4v) is 1.28. The molecule has 1 aromatic heterocycles. The third-order valence-electron chi connectivity index (χ3n) is 2.09. The highest BCUT2D eigenvalue weighted by Crippen LogP contribution is 2.06. The number of ether oxygens (including phenoxy) is 1. The average Bonchev–Trinajstić information content (AvgIpc) is 2.18. The van der Waals surface area contributed by atoms with E-state index in [0.717, 1.165) is 0 Å². The molecule has 17 heavy (non-hydrogen) atoms. The third-order valence-corrected chi connectivity index (χ3v) is 2.09. The summed E-state index contributed by atoms with van der Waals surface area (Å²) in [6.07, 6.45) is 2.89. The number of nitrogens with zero attached hydrogens (tertiary/aromatic N) is 1. The first-order valence-electron chi connectivity index (χ1n) is 5.37. The van der Waals surface area contributed by atoms with Crippen LogP contribution in [0.4, 0.5) is 0 Å². The van der Waals surface area contributed by atoms with Crippen molar-refractivity contribution in [1.82, 2.24) is 4.57 Å². The molecular weight excluding hydrogens is 222 g/mol. The number of pyridine rings is 1. The summed E-state index contributed by atoms with van der Waals surface area (Å²) in [6.45, 7) is 6.81. The maximum absolute atomic E-state index is 11.2. The van der Waals surface area contributed by atoms with E-state index in [1.807, 2.05) is 20.8 Å². The molecule has 0 saturated carbocycles. The summed E-state index contributed by atoms with van der Waals surface area (Å²) in [5.41, 5.74) is -0.928. The molecule has 0 radical (unpaired) electrons. The molecule has 94 valence electrons. The van der Waals surface area contributed by atoms with Gasteiger partial charge in [-0.2, -0.15) is 0 Å². The topological polar surface area (TPSA) is 68.5 Å². The number of carboxylic acid groups (broad SMARTS) is 1. The van der Waals surface area contributed by atoms with Crippen molar-refractivity contribution in [2.75, 3.05) is 6.61 Å². The van der Waals surface area contributed by atoms with E-state index in [-0.39, 0.29) is 11.2 Å². The molecule has 0 saturated heterocycles. The van der Waals surface area contributed by atoms with Crippen molar-refractivity contribution in [2.24, 2.45) is 0 Å². The molecule has 0 aliphatic rings. The standard InChI is InChI=1S/C12H17NO4/c1-12(2,3)17-7-6-13-5-4-10(14)9(8-13)11(15)16/h4-5,8H,6-7H2,1-3H3,(H,15,16). The molecule has 1 N–H and O–H groups in total. The Morgan fingerprint density at radius 2 is 2.12 bits per heavy atom. The number of carboxylic acids is 1. The largest absolute Gasteiger partial charge is 0.477 e. The van der Waals surface area contributed by atoms with Crippen LogP contribution in [-0.4, -0.2) is 27.9 Å². The highest BCUT2D eigenvalue weighted by Gasteiger charge is 2.10. The first-order chi connectivity index (χ1) is 7.79. The zero-order chi connectivity index (χ0) is 13.1. The van der Waals surface area contributed by atoms with Gasteiger partial charge in [-0.05, 0) is 20.8 Å². The summed E-state index contributed by atoms with van der Waals surface area (Å²) in [5.74, 6) is -1.21. The van der Waals surface area contributed by atoms with E-state index in [2.05, 4.69) is 0 Å². The van der Waals surface area contributed by atoms with E-state index >= 15 is 0 Å². The summed E-state index contributed by atoms with van der Waals surface area (Å²) in [4.78, 5) is 22.0. The molecule has 0 amide bonds. The lowest BCUT2D eigenvalue weighted by atomic mass is 10.2. The maximum atomic E-state index is 11.2. The molecule has 0 aliphatic carbocycles. The fourth-order valence-electron chi connectivity index (χ4n) is 1.28. The molecule has 0 fully saturated rings. The Morgan fingerprint density at radius 1 is 1.47 bits per heavy atom. The summed E-state index contributed by atoms with van der Waals surface area (Å²) >= 11 is 0. The summed E-state index contributed by atoms with van der Waals surface area (Å²) in [5, 5.41) is 8.80. The van der Waals surface area contributed by atoms with Gasteiger partial charge in [-0.15, -0.1) is 0 Å². The highest BCUT2D eigenvalue weighted by molar-refractivity contribution is 5.86. The van der Waals surface area contributed by atoms with Crippen molar-refractivity contribution in [3.8, 4) is 0 Å². The van der Waals surface area contributed by atoms with Crippen molar-refractivity contribution in [2.45, 2.75) is 32.9 Å². The second-order valence-corrected chi connectivity index (χ2v) is 4.73. The summed E-state index contributed by atoms with van der Waals surface area (Å²) < 4.78 is 7.15. The van der Waals surface area contributed by atoms with E-state index in [1.54, 1.807) is 10.8 Å². The highest BCUT2D eigenvalue weighted by atomic mass is 16.5. The van der Waals surface area contributed by atoms with E-state index < -0.39 is 11.4 Å². The van der Waals surface area contributed by atoms with Crippen LogP contribution in [0.3, 0.4) is 0 Å². The van der Waals surface area contributed by atoms with Crippen LogP contribution in [0.15, 0.2) is 23.3 Å². The Bertz CT molecular complexity index is 456. The zero-order valence-corrected chi connectivity index (χ0v) is 10.3. The number of aromatic nitrogens is 1. The van der Waals surface area contributed by atoms with Gasteiger partial charge in [-0.25, -0.2) is 4.79 Å². The molecule has 1 aromatic rings. The van der Waals surface area contributed by atoms with Crippen molar-refractivity contribution in [3.63, 3.8) is 0 Å². The van der Waals surface area contributed by atoms with Crippen LogP contribution in [0.2, 0.25) is 0 Å². The predicted octanol–water partition coefficient (Wildman–Crippen LogP) is 1.36. The van der Waals surface area contributed by atoms with Gasteiger partial charge in [-0.3, -0.25) is 4.79 Å². The van der Waals surface area contributed by atoms with E-state index in [0.29, 0.717) is 13.2 Å². The first-order valence-corrected chi connectivity index (χ1v) is 5.37. The second kappa shape index (κ2) is 5.14. The second-order valence-electron chi connectivity index (χ2n) is 4.73. The minimum atomic E-state index is -1.21. The molecule has 0 spiro atoms. The number of hydrogen-bond acceptors (Lipinski definition) is 3. The molecule has 0 unspecified atom stereocenters. The van der Waals surface area contributed by atoms with Gasteiger partial charge in [0.05, 0.1) is 12.2 Å². The summed E-state index contributed by atoms with van der Waals surface area (Å²) in [6, 6.07) is 1.25. The molecule has 5 nitrogen and oxygen atoms in total. The quantitative estimate of drug-likeness (QED) is 0.861. The number of carbonyl (C=O) groups is 1. The van der Waals surface area contributed by atoms with Crippen molar-refractivity contribution in [3.05, 3.63) is 34.2 Å². The van der Waals surface area contributed by atoms with Crippen LogP contribution in [0.5, 0.6) is 0 Å². The smallest absolute Gasteiger partial charge is 0.341 e. The SMILES string of the molecule is CC(C)(C)OCCn1ccc(=O)c(C(=O)O)c1. The van der Waals surface area contributed by atoms with Gasteiger partial charge in [-0.1, -0.05) is 0 Å². The number of aromatic carboxylic acids is 1. The molecular formula is C12H17NO4. The third kappa shape index (κ3) is 4.40. The van der Waals surface area contributed by atoms with Gasteiger partial charge in [0, 0.05) is 25.0 Å². The van der Waals surface area contributed by atoms with Gasteiger partial charge < -0.3 is 14.4 Å². The monoisotopic (exact) mass is 239 g/mol. The van der Waals surface area contributed by atoms with Crippen LogP contribution in [0, 0.1) is 0 Å². The van der Waals surface area contributed by atoms with Crippen LogP contribution in [0.25, 0.3) is 0 Å². The van der Waals surface area contributed by atoms with E-state index in [4.69, 9.17) is 9.84 Å². The molecule has 0 bridgehead atoms. The summed E-state index contributed by atoms with van der Waals surface area (Å²) in [7, 11) is 0. The molecule has 0 atom stereocenters. The Hall–Kier alpha value is -1.62. The zero-order valence-electron chi connectivity index (χ0n) is 10.3. The lowest BCUT2D eigenvalue weighted by molar-refractivity contribution is -0.00692. The van der Waals surface area contributed by atoms with Crippen molar-refractivity contribution < 1.29 is 14.6 Å².